The number of aliphatic hydroxyl groups is 1. The maximum Gasteiger partial charge on any atom is 0.225 e. The van der Waals surface area contributed by atoms with E-state index in [2.05, 4.69) is 30.9 Å². The van der Waals surface area contributed by atoms with Crippen molar-refractivity contribution in [1.29, 1.82) is 0 Å². The Morgan fingerprint density at radius 2 is 2.13 bits per heavy atom. The molecule has 10 nitrogen and oxygen atoms in total. The predicted molar refractivity (Wildman–Crippen MR) is 110 cm³/mol. The number of carbonyl (C=O) groups excluding carboxylic acids is 1. The van der Waals surface area contributed by atoms with Gasteiger partial charge in [-0.1, -0.05) is 5.21 Å². The van der Waals surface area contributed by atoms with Crippen LogP contribution in [0.4, 0.5) is 5.95 Å². The normalized spacial score (nSPS) is 18.5. The number of hydrogen-bond acceptors (Lipinski definition) is 8. The fraction of sp³-hybridized carbons (Fsp3) is 0.450. The number of aliphatic hydroxyl groups excluding tert-OH is 1. The number of amides is 1. The lowest BCUT2D eigenvalue weighted by molar-refractivity contribution is -0.124. The Labute approximate surface area is 173 Å². The molecule has 0 bridgehead atoms. The van der Waals surface area contributed by atoms with Crippen LogP contribution in [0.5, 0.6) is 5.75 Å². The molecule has 0 aliphatic heterocycles. The van der Waals surface area contributed by atoms with Crippen molar-refractivity contribution in [3.05, 3.63) is 30.5 Å². The number of rotatable bonds is 8. The van der Waals surface area contributed by atoms with Crippen molar-refractivity contribution >= 4 is 23.0 Å². The van der Waals surface area contributed by atoms with Crippen LogP contribution in [-0.2, 0) is 4.79 Å². The highest BCUT2D eigenvalue weighted by molar-refractivity contribution is 5.79. The van der Waals surface area contributed by atoms with Crippen LogP contribution < -0.4 is 15.4 Å². The molecule has 1 amide bonds. The summed E-state index contributed by atoms with van der Waals surface area (Å²) < 4.78 is 7.15. The van der Waals surface area contributed by atoms with Gasteiger partial charge in [-0.15, -0.1) is 5.10 Å². The lowest BCUT2D eigenvalue weighted by Gasteiger charge is -2.13. The SMILES string of the molecule is CCOc1ccc(-n2nnc3cnc(NC4CCC(C(=O)NCCO)C4)nc32)cc1. The summed E-state index contributed by atoms with van der Waals surface area (Å²) in [5, 5.41) is 23.3. The second-order valence-corrected chi connectivity index (χ2v) is 7.20. The molecule has 1 saturated carbocycles. The molecule has 30 heavy (non-hydrogen) atoms. The number of ether oxygens (including phenoxy) is 1. The van der Waals surface area contributed by atoms with Crippen LogP contribution in [0.25, 0.3) is 16.9 Å². The molecule has 3 aromatic rings. The Morgan fingerprint density at radius 3 is 2.90 bits per heavy atom. The lowest BCUT2D eigenvalue weighted by Crippen LogP contribution is -2.32. The van der Waals surface area contributed by atoms with Gasteiger partial charge in [0.05, 0.1) is 25.1 Å². The molecule has 0 spiro atoms. The van der Waals surface area contributed by atoms with Crippen LogP contribution >= 0.6 is 0 Å². The number of hydrogen-bond donors (Lipinski definition) is 3. The van der Waals surface area contributed by atoms with Crippen molar-refractivity contribution in [2.75, 3.05) is 25.1 Å². The third-order valence-electron chi connectivity index (χ3n) is 5.13. The van der Waals surface area contributed by atoms with Crippen molar-refractivity contribution in [1.82, 2.24) is 30.3 Å². The van der Waals surface area contributed by atoms with E-state index in [1.54, 1.807) is 10.9 Å². The van der Waals surface area contributed by atoms with E-state index in [1.165, 1.54) is 0 Å². The number of fused-ring (bicyclic) bond motifs is 1. The van der Waals surface area contributed by atoms with Gasteiger partial charge in [0, 0.05) is 18.5 Å². The molecule has 2 unspecified atom stereocenters. The number of benzene rings is 1. The Hall–Kier alpha value is -3.27. The van der Waals surface area contributed by atoms with Crippen molar-refractivity contribution in [2.45, 2.75) is 32.2 Å². The number of anilines is 1. The Balaban J connectivity index is 1.47. The summed E-state index contributed by atoms with van der Waals surface area (Å²) in [5.74, 6) is 1.20. The number of nitrogens with one attached hydrogen (secondary N) is 2. The molecule has 1 aliphatic carbocycles. The average Bonchev–Trinajstić information content (AvgIpc) is 3.40. The molecule has 0 saturated heterocycles. The van der Waals surface area contributed by atoms with Gasteiger partial charge >= 0.3 is 0 Å². The molecule has 4 rings (SSSR count). The molecular weight excluding hydrogens is 386 g/mol. The minimum absolute atomic E-state index is 0.0116. The van der Waals surface area contributed by atoms with Crippen LogP contribution in [0.2, 0.25) is 0 Å². The van der Waals surface area contributed by atoms with Gasteiger partial charge in [0.15, 0.2) is 11.2 Å². The first kappa shape index (κ1) is 20.0. The van der Waals surface area contributed by atoms with E-state index < -0.39 is 0 Å². The third kappa shape index (κ3) is 4.33. The van der Waals surface area contributed by atoms with Gasteiger partial charge in [-0.3, -0.25) is 4.79 Å². The highest BCUT2D eigenvalue weighted by atomic mass is 16.5. The molecule has 1 fully saturated rings. The number of carbonyl (C=O) groups is 1. The second-order valence-electron chi connectivity index (χ2n) is 7.20. The van der Waals surface area contributed by atoms with Gasteiger partial charge in [-0.25, -0.2) is 4.98 Å². The van der Waals surface area contributed by atoms with Crippen molar-refractivity contribution in [2.24, 2.45) is 5.92 Å². The fourth-order valence-corrected chi connectivity index (χ4v) is 3.68. The molecule has 1 aliphatic rings. The zero-order chi connectivity index (χ0) is 20.9. The first-order valence-corrected chi connectivity index (χ1v) is 10.1. The average molecular weight is 411 g/mol. The van der Waals surface area contributed by atoms with Gasteiger partial charge in [0.2, 0.25) is 11.9 Å². The number of nitrogens with zero attached hydrogens (tertiary/aromatic N) is 5. The Kier molecular flexibility index (Phi) is 6.03. The predicted octanol–water partition coefficient (Wildman–Crippen LogP) is 1.30. The highest BCUT2D eigenvalue weighted by Crippen LogP contribution is 2.28. The van der Waals surface area contributed by atoms with Crippen LogP contribution in [0, 0.1) is 5.92 Å². The van der Waals surface area contributed by atoms with E-state index >= 15 is 0 Å². The van der Waals surface area contributed by atoms with E-state index in [4.69, 9.17) is 9.84 Å². The largest absolute Gasteiger partial charge is 0.494 e. The highest BCUT2D eigenvalue weighted by Gasteiger charge is 2.30. The van der Waals surface area contributed by atoms with Gasteiger partial charge in [-0.05, 0) is 50.5 Å². The minimum Gasteiger partial charge on any atom is -0.494 e. The monoisotopic (exact) mass is 411 g/mol. The zero-order valence-electron chi connectivity index (χ0n) is 16.8. The minimum atomic E-state index is -0.0613. The van der Waals surface area contributed by atoms with Crippen LogP contribution in [0.15, 0.2) is 30.5 Å². The van der Waals surface area contributed by atoms with Gasteiger partial charge in [0.25, 0.3) is 0 Å². The zero-order valence-corrected chi connectivity index (χ0v) is 16.8. The number of aromatic nitrogens is 5. The van der Waals surface area contributed by atoms with Crippen molar-refractivity contribution in [3.63, 3.8) is 0 Å². The van der Waals surface area contributed by atoms with E-state index in [0.717, 1.165) is 24.3 Å². The van der Waals surface area contributed by atoms with Gasteiger partial charge in [-0.2, -0.15) is 9.67 Å². The summed E-state index contributed by atoms with van der Waals surface area (Å²) in [6.07, 6.45) is 4.00. The van der Waals surface area contributed by atoms with Crippen molar-refractivity contribution < 1.29 is 14.6 Å². The maximum absolute atomic E-state index is 12.1. The lowest BCUT2D eigenvalue weighted by atomic mass is 10.1. The van der Waals surface area contributed by atoms with E-state index in [-0.39, 0.29) is 31.0 Å². The molecule has 1 aromatic carbocycles. The fourth-order valence-electron chi connectivity index (χ4n) is 3.68. The van der Waals surface area contributed by atoms with Gasteiger partial charge < -0.3 is 20.5 Å². The van der Waals surface area contributed by atoms with E-state index in [0.29, 0.717) is 30.1 Å². The van der Waals surface area contributed by atoms with E-state index in [1.807, 2.05) is 31.2 Å². The standard InChI is InChI=1S/C20H25N7O3/c1-2-30-16-7-5-15(6-8-16)27-18-17(25-26-27)12-22-20(24-18)23-14-4-3-13(11-14)19(29)21-9-10-28/h5-8,12-14,28H,2-4,9-11H2,1H3,(H,21,29)(H,22,23,24). The molecule has 3 N–H and O–H groups in total. The Morgan fingerprint density at radius 1 is 1.30 bits per heavy atom. The smallest absolute Gasteiger partial charge is 0.225 e. The molecular formula is C20H25N7O3. The summed E-state index contributed by atoms with van der Waals surface area (Å²) >= 11 is 0. The molecule has 10 heteroatoms. The second kappa shape index (κ2) is 9.04. The topological polar surface area (TPSA) is 127 Å². The molecule has 2 atom stereocenters. The van der Waals surface area contributed by atoms with Crippen LogP contribution in [-0.4, -0.2) is 61.8 Å². The molecule has 2 aromatic heterocycles. The summed E-state index contributed by atoms with van der Waals surface area (Å²) in [6, 6.07) is 7.68. The van der Waals surface area contributed by atoms with Crippen LogP contribution in [0.1, 0.15) is 26.2 Å². The van der Waals surface area contributed by atoms with Crippen molar-refractivity contribution in [3.8, 4) is 11.4 Å². The summed E-state index contributed by atoms with van der Waals surface area (Å²) in [6.45, 7) is 2.79. The first-order valence-electron chi connectivity index (χ1n) is 10.1. The van der Waals surface area contributed by atoms with Gasteiger partial charge in [0.1, 0.15) is 5.75 Å². The van der Waals surface area contributed by atoms with Crippen LogP contribution in [0.3, 0.4) is 0 Å². The maximum atomic E-state index is 12.1. The molecule has 158 valence electrons. The van der Waals surface area contributed by atoms with E-state index in [9.17, 15) is 4.79 Å². The third-order valence-corrected chi connectivity index (χ3v) is 5.13. The summed E-state index contributed by atoms with van der Waals surface area (Å²) in [5.41, 5.74) is 2.03. The quantitative estimate of drug-likeness (QED) is 0.506. The summed E-state index contributed by atoms with van der Waals surface area (Å²) in [4.78, 5) is 21.0. The molecule has 2 heterocycles. The molecule has 0 radical (unpaired) electrons. The first-order chi connectivity index (χ1) is 14.7. The summed E-state index contributed by atoms with van der Waals surface area (Å²) in [7, 11) is 0. The Bertz CT molecular complexity index is 1010.